The highest BCUT2D eigenvalue weighted by molar-refractivity contribution is 5.94. The summed E-state index contributed by atoms with van der Waals surface area (Å²) in [7, 11) is 0. The molecule has 1 aliphatic rings. The van der Waals surface area contributed by atoms with E-state index in [0.29, 0.717) is 22.4 Å². The van der Waals surface area contributed by atoms with Crippen molar-refractivity contribution >= 4 is 11.8 Å². The van der Waals surface area contributed by atoms with Crippen LogP contribution in [-0.4, -0.2) is 17.9 Å². The third-order valence-electron chi connectivity index (χ3n) is 3.73. The summed E-state index contributed by atoms with van der Waals surface area (Å²) in [5.74, 6) is 0.175. The second-order valence-corrected chi connectivity index (χ2v) is 5.49. The Labute approximate surface area is 130 Å². The average Bonchev–Trinajstić information content (AvgIpc) is 2.84. The molecule has 0 radical (unpaired) electrons. The molecule has 0 fully saturated rings. The molecule has 4 heteroatoms. The molecular formula is C18H20O4. The van der Waals surface area contributed by atoms with Gasteiger partial charge in [0, 0.05) is 16.7 Å². The molecule has 116 valence electrons. The minimum Gasteiger partial charge on any atom is -0.481 e. The summed E-state index contributed by atoms with van der Waals surface area (Å²) in [5.41, 5.74) is 2.56. The number of allylic oxidation sites excluding steroid dienone is 1. The van der Waals surface area contributed by atoms with Crippen LogP contribution in [0.2, 0.25) is 0 Å². The maximum Gasteiger partial charge on any atom is 0.334 e. The van der Waals surface area contributed by atoms with Gasteiger partial charge in [0.2, 0.25) is 0 Å². The predicted molar refractivity (Wildman–Crippen MR) is 83.9 cm³/mol. The monoisotopic (exact) mass is 300 g/mol. The number of ether oxygens (including phenoxy) is 2. The lowest BCUT2D eigenvalue weighted by atomic mass is 9.99. The highest BCUT2D eigenvalue weighted by atomic mass is 16.6. The second kappa shape index (κ2) is 6.18. The van der Waals surface area contributed by atoms with Crippen molar-refractivity contribution in [2.75, 3.05) is 0 Å². The Morgan fingerprint density at radius 3 is 2.50 bits per heavy atom. The maximum atomic E-state index is 12.1. The Kier molecular flexibility index (Phi) is 4.50. The van der Waals surface area contributed by atoms with Gasteiger partial charge in [-0.1, -0.05) is 12.7 Å². The molecule has 22 heavy (non-hydrogen) atoms. The van der Waals surface area contributed by atoms with E-state index in [9.17, 15) is 9.59 Å². The molecule has 0 bridgehead atoms. The third kappa shape index (κ3) is 2.96. The average molecular weight is 300 g/mol. The van der Waals surface area contributed by atoms with Gasteiger partial charge in [0.25, 0.3) is 0 Å². The molecule has 0 N–H and O–H groups in total. The first-order chi connectivity index (χ1) is 10.3. The molecule has 2 atom stereocenters. The molecule has 0 aliphatic carbocycles. The van der Waals surface area contributed by atoms with Crippen molar-refractivity contribution in [2.24, 2.45) is 0 Å². The first kappa shape index (κ1) is 16.0. The molecule has 1 aromatic rings. The fourth-order valence-corrected chi connectivity index (χ4v) is 2.27. The van der Waals surface area contributed by atoms with Crippen LogP contribution in [0.1, 0.15) is 49.7 Å². The summed E-state index contributed by atoms with van der Waals surface area (Å²) in [6.07, 6.45) is 0.667. The number of Topliss-reactive ketones (excluding diaryl/α,β-unsaturated/α-hetero) is 1. The number of esters is 1. The van der Waals surface area contributed by atoms with Gasteiger partial charge in [-0.3, -0.25) is 4.79 Å². The molecular weight excluding hydrogens is 280 g/mol. The summed E-state index contributed by atoms with van der Waals surface area (Å²) in [6, 6.07) is 5.17. The van der Waals surface area contributed by atoms with Gasteiger partial charge in [-0.25, -0.2) is 4.79 Å². The quantitative estimate of drug-likeness (QED) is 0.367. The molecule has 1 aromatic carbocycles. The summed E-state index contributed by atoms with van der Waals surface area (Å²) in [4.78, 5) is 23.7. The highest BCUT2D eigenvalue weighted by Gasteiger charge is 2.38. The summed E-state index contributed by atoms with van der Waals surface area (Å²) >= 11 is 0. The Morgan fingerprint density at radius 1 is 1.27 bits per heavy atom. The SMILES string of the molecule is C=C(C)[C@H]1Oc2ccc(C(C)=O)cc2[C@H]1OC(=O)/C(C)=C\C. The second-order valence-electron chi connectivity index (χ2n) is 5.49. The van der Waals surface area contributed by atoms with Crippen LogP contribution in [-0.2, 0) is 9.53 Å². The summed E-state index contributed by atoms with van der Waals surface area (Å²) in [6.45, 7) is 10.7. The third-order valence-corrected chi connectivity index (χ3v) is 3.73. The Morgan fingerprint density at radius 2 is 1.95 bits per heavy atom. The van der Waals surface area contributed by atoms with Gasteiger partial charge < -0.3 is 9.47 Å². The van der Waals surface area contributed by atoms with Crippen LogP contribution in [0.4, 0.5) is 0 Å². The lowest BCUT2D eigenvalue weighted by molar-refractivity contribution is -0.146. The fourth-order valence-electron chi connectivity index (χ4n) is 2.27. The zero-order valence-electron chi connectivity index (χ0n) is 13.3. The molecule has 0 aromatic heterocycles. The van der Waals surface area contributed by atoms with Gasteiger partial charge in [0.05, 0.1) is 0 Å². The highest BCUT2D eigenvalue weighted by Crippen LogP contribution is 2.42. The van der Waals surface area contributed by atoms with Gasteiger partial charge in [0.15, 0.2) is 18.0 Å². The molecule has 1 aliphatic heterocycles. The Hall–Kier alpha value is -2.36. The van der Waals surface area contributed by atoms with Crippen LogP contribution < -0.4 is 4.74 Å². The molecule has 4 nitrogen and oxygen atoms in total. The molecule has 0 unspecified atom stereocenters. The van der Waals surface area contributed by atoms with Crippen molar-refractivity contribution in [1.29, 1.82) is 0 Å². The van der Waals surface area contributed by atoms with Crippen LogP contribution >= 0.6 is 0 Å². The number of fused-ring (bicyclic) bond motifs is 1. The zero-order chi connectivity index (χ0) is 16.4. The van der Waals surface area contributed by atoms with Crippen LogP contribution in [0.3, 0.4) is 0 Å². The van der Waals surface area contributed by atoms with Gasteiger partial charge in [-0.15, -0.1) is 0 Å². The Bertz CT molecular complexity index is 670. The summed E-state index contributed by atoms with van der Waals surface area (Å²) in [5, 5.41) is 0. The van der Waals surface area contributed by atoms with Crippen molar-refractivity contribution in [3.05, 3.63) is 53.1 Å². The molecule has 0 spiro atoms. The van der Waals surface area contributed by atoms with Crippen molar-refractivity contribution in [3.8, 4) is 5.75 Å². The number of ketones is 1. The van der Waals surface area contributed by atoms with E-state index < -0.39 is 18.2 Å². The number of rotatable bonds is 4. The maximum absolute atomic E-state index is 12.1. The lowest BCUT2D eigenvalue weighted by Crippen LogP contribution is -2.24. The normalized spacial score (nSPS) is 20.1. The van der Waals surface area contributed by atoms with E-state index in [1.807, 2.05) is 6.92 Å². The predicted octanol–water partition coefficient (Wildman–Crippen LogP) is 3.78. The van der Waals surface area contributed by atoms with E-state index in [-0.39, 0.29) is 5.78 Å². The number of carbonyl (C=O) groups is 2. The Balaban J connectivity index is 2.41. The van der Waals surface area contributed by atoms with Crippen LogP contribution in [0, 0.1) is 0 Å². The van der Waals surface area contributed by atoms with E-state index in [1.165, 1.54) is 6.92 Å². The van der Waals surface area contributed by atoms with Crippen LogP contribution in [0.5, 0.6) is 5.75 Å². The van der Waals surface area contributed by atoms with Crippen molar-refractivity contribution < 1.29 is 19.1 Å². The van der Waals surface area contributed by atoms with E-state index >= 15 is 0 Å². The number of carbonyl (C=O) groups excluding carboxylic acids is 2. The van der Waals surface area contributed by atoms with Gasteiger partial charge in [-0.05, 0) is 51.5 Å². The molecule has 0 saturated carbocycles. The summed E-state index contributed by atoms with van der Waals surface area (Å²) < 4.78 is 11.4. The van der Waals surface area contributed by atoms with Crippen molar-refractivity contribution in [1.82, 2.24) is 0 Å². The minimum atomic E-state index is -0.589. The first-order valence-corrected chi connectivity index (χ1v) is 7.16. The molecule has 2 rings (SSSR count). The van der Waals surface area contributed by atoms with E-state index in [1.54, 1.807) is 38.1 Å². The number of hydrogen-bond donors (Lipinski definition) is 0. The van der Waals surface area contributed by atoms with E-state index in [2.05, 4.69) is 6.58 Å². The van der Waals surface area contributed by atoms with Gasteiger partial charge in [0.1, 0.15) is 5.75 Å². The van der Waals surface area contributed by atoms with E-state index in [4.69, 9.17) is 9.47 Å². The largest absolute Gasteiger partial charge is 0.481 e. The topological polar surface area (TPSA) is 52.6 Å². The number of benzene rings is 1. The molecule has 0 amide bonds. The van der Waals surface area contributed by atoms with Gasteiger partial charge in [-0.2, -0.15) is 0 Å². The first-order valence-electron chi connectivity index (χ1n) is 7.16. The standard InChI is InChI=1S/C18H20O4/c1-6-11(4)18(20)22-17-14-9-13(12(5)19)7-8-15(14)21-16(17)10(2)3/h6-9,16-17H,2H2,1,3-5H3/b11-6-/t16-,17-/m1/s1. The van der Waals surface area contributed by atoms with Crippen molar-refractivity contribution in [2.45, 2.75) is 39.9 Å². The van der Waals surface area contributed by atoms with Crippen molar-refractivity contribution in [3.63, 3.8) is 0 Å². The lowest BCUT2D eigenvalue weighted by Gasteiger charge is -2.20. The fraction of sp³-hybridized carbons (Fsp3) is 0.333. The zero-order valence-corrected chi connectivity index (χ0v) is 13.3. The smallest absolute Gasteiger partial charge is 0.334 e. The molecule has 1 heterocycles. The molecule has 0 saturated heterocycles. The van der Waals surface area contributed by atoms with E-state index in [0.717, 1.165) is 5.57 Å². The van der Waals surface area contributed by atoms with Crippen LogP contribution in [0.15, 0.2) is 42.0 Å². The minimum absolute atomic E-state index is 0.0451. The van der Waals surface area contributed by atoms with Crippen LogP contribution in [0.25, 0.3) is 0 Å². The number of hydrogen-bond acceptors (Lipinski definition) is 4. The van der Waals surface area contributed by atoms with Gasteiger partial charge >= 0.3 is 5.97 Å².